The van der Waals surface area contributed by atoms with E-state index < -0.39 is 48.4 Å². The van der Waals surface area contributed by atoms with Crippen molar-refractivity contribution in [2.45, 2.75) is 108 Å². The predicted molar refractivity (Wildman–Crippen MR) is 254 cm³/mol. The van der Waals surface area contributed by atoms with Crippen LogP contribution in [0.5, 0.6) is 5.75 Å². The number of carboxylic acids is 1. The van der Waals surface area contributed by atoms with Crippen LogP contribution >= 0.6 is 45.9 Å². The summed E-state index contributed by atoms with van der Waals surface area (Å²) in [5, 5.41) is 46.8. The lowest BCUT2D eigenvalue weighted by Crippen LogP contribution is -2.61. The van der Waals surface area contributed by atoms with Gasteiger partial charge in [0.1, 0.15) is 29.7 Å². The first-order valence-corrected chi connectivity index (χ1v) is 24.6. The molecule has 7 atom stereocenters. The number of hydrogen-bond donors (Lipinski definition) is 4. The number of aryl methyl sites for hydroxylation is 2. The Balaban J connectivity index is 1.07. The number of thiophene rings is 2. The van der Waals surface area contributed by atoms with Crippen LogP contribution in [0.3, 0.4) is 0 Å². The lowest BCUT2D eigenvalue weighted by Gasteiger charge is -2.38. The van der Waals surface area contributed by atoms with E-state index in [0.717, 1.165) is 43.3 Å². The molecule has 4 amide bonds. The molecule has 7 rings (SSSR count). The molecule has 0 bridgehead atoms. The minimum atomic E-state index is -1.90. The van der Waals surface area contributed by atoms with Gasteiger partial charge in [0.15, 0.2) is 6.10 Å². The molecule has 5 heterocycles. The number of carbonyl (C=O) groups is 5. The number of rotatable bonds is 14. The number of likely N-dealkylation sites (N-methyl/N-ethyl adjacent to an activating group) is 2. The van der Waals surface area contributed by atoms with E-state index in [-0.39, 0.29) is 92.4 Å². The first-order valence-electron chi connectivity index (χ1n) is 21.7. The highest BCUT2D eigenvalue weighted by Crippen LogP contribution is 2.50. The van der Waals surface area contributed by atoms with Crippen LogP contribution in [-0.2, 0) is 35.1 Å². The van der Waals surface area contributed by atoms with Crippen molar-refractivity contribution in [3.63, 3.8) is 0 Å². The van der Waals surface area contributed by atoms with Gasteiger partial charge in [0.05, 0.1) is 16.8 Å². The molecule has 0 radical (unpaired) electrons. The Labute approximate surface area is 400 Å². The van der Waals surface area contributed by atoms with Gasteiger partial charge in [-0.25, -0.2) is 9.59 Å². The third kappa shape index (κ3) is 9.70. The molecule has 0 saturated carbocycles. The van der Waals surface area contributed by atoms with E-state index in [9.17, 15) is 44.4 Å². The van der Waals surface area contributed by atoms with E-state index in [1.165, 1.54) is 16.2 Å². The molecule has 0 unspecified atom stereocenters. The highest BCUT2D eigenvalue weighted by molar-refractivity contribution is 7.18. The van der Waals surface area contributed by atoms with Gasteiger partial charge in [-0.1, -0.05) is 0 Å². The SMILES string of the molecule is Cc1csc2c(CC(=O)N(C)CCN(C)C(=O)OC(C)(C)C)cc3c(c12)[C@H](CCl)CN3C(=O)CCCC(=O)N1C[C@@H](CCl)c2c1cc(O[C@@H]1O[C@H](C(=O)O)[C@@H](O)[C@H](O)[C@H]1O)c1scc(C)c21. The summed E-state index contributed by atoms with van der Waals surface area (Å²) >= 11 is 16.0. The zero-order chi connectivity index (χ0) is 48.1. The summed E-state index contributed by atoms with van der Waals surface area (Å²) in [6, 6.07) is 3.54. The fourth-order valence-corrected chi connectivity index (χ4v) is 11.5. The summed E-state index contributed by atoms with van der Waals surface area (Å²) in [5.74, 6) is -1.87. The molecular formula is C46H56Cl2N4O12S2. The van der Waals surface area contributed by atoms with Gasteiger partial charge in [0.25, 0.3) is 0 Å². The van der Waals surface area contributed by atoms with E-state index >= 15 is 0 Å². The van der Waals surface area contributed by atoms with E-state index in [4.69, 9.17) is 37.4 Å². The lowest BCUT2D eigenvalue weighted by molar-refractivity contribution is -0.270. The number of amides is 4. The van der Waals surface area contributed by atoms with Crippen LogP contribution in [0.2, 0.25) is 0 Å². The number of carbonyl (C=O) groups excluding carboxylic acids is 4. The van der Waals surface area contributed by atoms with Gasteiger partial charge in [-0.2, -0.15) is 0 Å². The highest BCUT2D eigenvalue weighted by Gasteiger charge is 2.49. The maximum absolute atomic E-state index is 14.2. The van der Waals surface area contributed by atoms with Crippen molar-refractivity contribution in [3.8, 4) is 5.75 Å². The molecular weight excluding hydrogens is 936 g/mol. The summed E-state index contributed by atoms with van der Waals surface area (Å²) in [7, 11) is 3.32. The van der Waals surface area contributed by atoms with Crippen LogP contribution in [0.15, 0.2) is 22.9 Å². The second kappa shape index (κ2) is 19.8. The molecule has 20 heteroatoms. The van der Waals surface area contributed by atoms with Crippen molar-refractivity contribution < 1.29 is 58.6 Å². The van der Waals surface area contributed by atoms with Gasteiger partial charge >= 0.3 is 12.1 Å². The zero-order valence-electron chi connectivity index (χ0n) is 37.8. The van der Waals surface area contributed by atoms with Crippen molar-refractivity contribution >= 4 is 107 Å². The predicted octanol–water partition coefficient (Wildman–Crippen LogP) is 6.08. The Morgan fingerprint density at radius 2 is 1.33 bits per heavy atom. The number of aliphatic hydroxyl groups is 3. The van der Waals surface area contributed by atoms with Crippen molar-refractivity contribution in [1.29, 1.82) is 0 Å². The quantitative estimate of drug-likeness (QED) is 0.106. The normalized spacial score (nSPS) is 22.7. The zero-order valence-corrected chi connectivity index (χ0v) is 41.0. The van der Waals surface area contributed by atoms with Gasteiger partial charge in [-0.05, 0) is 85.7 Å². The second-order valence-corrected chi connectivity index (χ2v) is 20.7. The molecule has 2 aromatic carbocycles. The van der Waals surface area contributed by atoms with Crippen LogP contribution in [0.4, 0.5) is 16.2 Å². The Hall–Kier alpha value is -4.27. The molecule has 1 fully saturated rings. The number of ether oxygens (including phenoxy) is 3. The number of benzene rings is 2. The van der Waals surface area contributed by atoms with Gasteiger partial charge in [0, 0.05) is 104 Å². The molecule has 4 aromatic rings. The van der Waals surface area contributed by atoms with E-state index in [1.807, 2.05) is 30.7 Å². The minimum Gasteiger partial charge on any atom is -0.479 e. The molecule has 3 aliphatic rings. The van der Waals surface area contributed by atoms with Crippen molar-refractivity contribution in [3.05, 3.63) is 50.7 Å². The van der Waals surface area contributed by atoms with Gasteiger partial charge in [-0.15, -0.1) is 45.9 Å². The van der Waals surface area contributed by atoms with E-state index in [1.54, 1.807) is 67.0 Å². The number of nitrogens with zero attached hydrogens (tertiary/aromatic N) is 4. The maximum Gasteiger partial charge on any atom is 0.410 e. The molecule has 1 saturated heterocycles. The molecule has 66 heavy (non-hydrogen) atoms. The molecule has 3 aliphatic heterocycles. The summed E-state index contributed by atoms with van der Waals surface area (Å²) in [6.45, 7) is 10.5. The second-order valence-electron chi connectivity index (χ2n) is 18.3. The van der Waals surface area contributed by atoms with Gasteiger partial charge < -0.3 is 54.2 Å². The monoisotopic (exact) mass is 990 g/mol. The third-order valence-corrected chi connectivity index (χ3v) is 15.4. The van der Waals surface area contributed by atoms with Crippen molar-refractivity contribution in [1.82, 2.24) is 9.80 Å². The lowest BCUT2D eigenvalue weighted by atomic mass is 9.94. The molecule has 0 spiro atoms. The third-order valence-electron chi connectivity index (χ3n) is 12.4. The first kappa shape index (κ1) is 49.6. The van der Waals surface area contributed by atoms with Crippen LogP contribution in [0.25, 0.3) is 20.2 Å². The molecule has 0 aliphatic carbocycles. The average molecular weight is 992 g/mol. The standard InChI is InChI=1S/C46H56Cl2N4O12S2/c1-22-20-65-41-24(14-32(55)49(6)11-12-50(7)45(61)64-46(3,4)5)13-27-35(33(22)41)25(16-47)18-51(27)30(53)9-8-10-31(54)52-19-26(17-48)36-28(52)15-29(42-34(36)23(2)21-66-42)62-44-39(58)37(56)38(57)40(63-44)43(59)60/h13,15,20-21,25-26,37-40,44,56-58H,8-12,14,16-19H2,1-7H3,(H,59,60)/t25-,26-,37+,38+,39-,40+,44-/m1/s1. The van der Waals surface area contributed by atoms with Crippen LogP contribution < -0.4 is 14.5 Å². The molecule has 16 nitrogen and oxygen atoms in total. The average Bonchev–Trinajstić information content (AvgIpc) is 4.04. The van der Waals surface area contributed by atoms with Crippen LogP contribution in [0, 0.1) is 13.8 Å². The fraction of sp³-hybridized carbons (Fsp3) is 0.543. The summed E-state index contributed by atoms with van der Waals surface area (Å²) in [4.78, 5) is 72.7. The number of fused-ring (bicyclic) bond motifs is 6. The summed E-state index contributed by atoms with van der Waals surface area (Å²) in [5.41, 5.74) is 5.06. The topological polar surface area (TPSA) is 207 Å². The Kier molecular flexibility index (Phi) is 14.9. The summed E-state index contributed by atoms with van der Waals surface area (Å²) < 4.78 is 18.6. The number of aliphatic carboxylic acids is 1. The first-order chi connectivity index (χ1) is 31.1. The number of aliphatic hydroxyl groups excluding tert-OH is 3. The van der Waals surface area contributed by atoms with Crippen LogP contribution in [0.1, 0.15) is 79.7 Å². The van der Waals surface area contributed by atoms with Gasteiger partial charge in [-0.3, -0.25) is 14.4 Å². The number of hydrogen-bond acceptors (Lipinski definition) is 13. The number of carboxylic acid groups (broad SMARTS) is 1. The molecule has 358 valence electrons. The number of halogens is 2. The van der Waals surface area contributed by atoms with Gasteiger partial charge in [0.2, 0.25) is 24.0 Å². The Morgan fingerprint density at radius 3 is 1.88 bits per heavy atom. The fourth-order valence-electron chi connectivity index (χ4n) is 8.93. The van der Waals surface area contributed by atoms with Crippen molar-refractivity contribution in [2.24, 2.45) is 0 Å². The smallest absolute Gasteiger partial charge is 0.410 e. The largest absolute Gasteiger partial charge is 0.479 e. The highest BCUT2D eigenvalue weighted by atomic mass is 35.5. The maximum atomic E-state index is 14.2. The summed E-state index contributed by atoms with van der Waals surface area (Å²) in [6.07, 6.45) is -9.19. The van der Waals surface area contributed by atoms with E-state index in [0.29, 0.717) is 22.6 Å². The van der Waals surface area contributed by atoms with Crippen LogP contribution in [-0.4, -0.2) is 148 Å². The number of alkyl halides is 2. The minimum absolute atomic E-state index is 0.0172. The number of anilines is 2. The van der Waals surface area contributed by atoms with Crippen molar-refractivity contribution in [2.75, 3.05) is 61.8 Å². The molecule has 2 aromatic heterocycles. The van der Waals surface area contributed by atoms with E-state index in [2.05, 4.69) is 0 Å². The Bertz CT molecular complexity index is 2540. The Morgan fingerprint density at radius 1 is 0.803 bits per heavy atom. The molecule has 4 N–H and O–H groups in total.